The van der Waals surface area contributed by atoms with Crippen LogP contribution in [0.25, 0.3) is 11.2 Å². The van der Waals surface area contributed by atoms with Crippen molar-refractivity contribution < 1.29 is 144 Å². The molecule has 0 bridgehead atoms. The van der Waals surface area contributed by atoms with Gasteiger partial charge in [0.2, 0.25) is 0 Å². The number of nitrogens with two attached hydrogens (primary N) is 4. The topological polar surface area (TPSA) is 697 Å². The van der Waals surface area contributed by atoms with Crippen molar-refractivity contribution in [1.82, 2.24) is 62.3 Å². The fourth-order valence-corrected chi connectivity index (χ4v) is 22.7. The molecule has 13 rings (SSSR count). The standard InChI is InChI=1S/C74H108N17O38P5S4/c1-11-41-42(22-49(119-41)86-24-35(2)60(76)81-70(86)95)125-131(102,135)115-29-44-43(23-50(120-44)87-27-38(5)64(93)84-73(87)98)126-132(103,136)117-32-47-53(57(111-19-15-107-8)67(123-47)88-25-36(3)61(77)82-71(88)96)127-130(100,101)114-31-46-54(58(112-20-16-108-9)69(122-46)90-28-39(6)65(94)85-74(90)99)128-134(105,138)118-33-48-55(59(113-21-17-109-10)68(124-48)89-26-37(4)62(78)83-72(89)97)129-133(104,137)116-30-45-52(92)56(110-18-14-106-7)66(121-45)91-34-80-51-40(75)12-13-79-63(51)91/h12-13,24-28,34,41-50,52-59,66-69,92H,11,14-23,29-33H2,1-10H3,(H2,75,79)(H,100,101)(H,102,135)(H,103,136)(H,104,137)(H,105,138)(H2,76,81,95)(H2,77,82,96)(H2,78,83,97)(H,84,93,98)(H,85,94,99)/t41-,42?,43?,44-,45-,46-,47-,48-,49-,50-,52?,53?,54?,55?,56+,57+,58+,59+,66-,67-,68-,69-,131?,132?,133?,134?/m1/s1. The highest BCUT2D eigenvalue weighted by Gasteiger charge is 2.58. The number of methoxy groups -OCH3 is 4. The van der Waals surface area contributed by atoms with Gasteiger partial charge in [-0.2, -0.15) is 15.0 Å². The third kappa shape index (κ3) is 26.2. The molecule has 12 N–H and O–H groups in total. The summed E-state index contributed by atoms with van der Waals surface area (Å²) < 4.78 is 226. The van der Waals surface area contributed by atoms with Crippen LogP contribution in [0.15, 0.2) is 83.1 Å². The molecule has 0 amide bonds. The number of H-pyrrole nitrogens is 2. The van der Waals surface area contributed by atoms with Gasteiger partial charge in [0.15, 0.2) is 30.6 Å². The van der Waals surface area contributed by atoms with Crippen molar-refractivity contribution >= 4 is 118 Å². The molecule has 138 heavy (non-hydrogen) atoms. The highest BCUT2D eigenvalue weighted by atomic mass is 32.7. The van der Waals surface area contributed by atoms with Crippen LogP contribution in [0.1, 0.15) is 91.4 Å². The number of nitrogens with zero attached hydrogens (tertiary/aromatic N) is 11. The lowest BCUT2D eigenvalue weighted by atomic mass is 10.1. The number of aromatic amines is 2. The number of aromatic nitrogens is 13. The maximum atomic E-state index is 15.5. The summed E-state index contributed by atoms with van der Waals surface area (Å²) in [6.07, 6.45) is -25.3. The zero-order valence-electron chi connectivity index (χ0n) is 75.5. The fourth-order valence-electron chi connectivity index (χ4n) is 15.7. The number of aliphatic hydroxyl groups is 1. The van der Waals surface area contributed by atoms with Gasteiger partial charge < -0.3 is 99.3 Å². The van der Waals surface area contributed by atoms with Gasteiger partial charge in [-0.05, 0) is 47.1 Å². The van der Waals surface area contributed by atoms with Crippen molar-refractivity contribution in [3.63, 3.8) is 0 Å². The highest BCUT2D eigenvalue weighted by molar-refractivity contribution is 8.45. The normalized spacial score (nSPS) is 29.4. The minimum atomic E-state index is -5.88. The Labute approximate surface area is 804 Å². The van der Waals surface area contributed by atoms with Gasteiger partial charge in [-0.15, -0.1) is 0 Å². The lowest BCUT2D eigenvalue weighted by Gasteiger charge is -2.29. The molecule has 0 radical (unpaired) electrons. The zero-order valence-corrected chi connectivity index (χ0v) is 83.5. The molecule has 11 unspecified atom stereocenters. The minimum absolute atomic E-state index is 0.000201. The average Bonchev–Trinajstić information content (AvgIpc) is 1.62. The number of anilines is 4. The van der Waals surface area contributed by atoms with E-state index in [-0.39, 0.29) is 117 Å². The molecular formula is C74H108N17O38P5S4. The predicted octanol–water partition coefficient (Wildman–Crippen LogP) is 2.50. The number of aliphatic hydroxyl groups excluding tert-OH is 1. The zero-order chi connectivity index (χ0) is 99.9. The number of aryl methyl sites for hydroxylation is 5. The number of imidazole rings is 1. The third-order valence-electron chi connectivity index (χ3n) is 22.7. The summed E-state index contributed by atoms with van der Waals surface area (Å²) in [5, 5.41) is 11.9. The first kappa shape index (κ1) is 109. The van der Waals surface area contributed by atoms with Gasteiger partial charge in [0.05, 0.1) is 110 Å². The molecule has 0 aromatic carbocycles. The monoisotopic (exact) mass is 2130 g/mol. The van der Waals surface area contributed by atoms with E-state index in [0.717, 1.165) is 24.5 Å². The number of phosphoric ester groups is 1. The summed E-state index contributed by atoms with van der Waals surface area (Å²) in [5.74, 6) is -0.395. The number of ether oxygens (including phenoxy) is 14. The molecule has 6 aliphatic rings. The van der Waals surface area contributed by atoms with Crippen LogP contribution in [0.3, 0.4) is 0 Å². The Hall–Kier alpha value is -6.67. The molecule has 766 valence electrons. The molecule has 6 saturated heterocycles. The predicted molar refractivity (Wildman–Crippen MR) is 493 cm³/mol. The lowest BCUT2D eigenvalue weighted by Crippen LogP contribution is -2.42. The van der Waals surface area contributed by atoms with Crippen molar-refractivity contribution in [1.29, 1.82) is 0 Å². The molecule has 27 atom stereocenters. The summed E-state index contributed by atoms with van der Waals surface area (Å²) in [4.78, 5) is 131. The first-order valence-corrected chi connectivity index (χ1v) is 54.7. The second-order valence-corrected chi connectivity index (χ2v) is 45.1. The number of phosphoric acid groups is 1. The van der Waals surface area contributed by atoms with E-state index in [0.29, 0.717) is 11.1 Å². The molecular weight excluding hydrogens is 2020 g/mol. The van der Waals surface area contributed by atoms with E-state index in [1.807, 2.05) is 0 Å². The number of thiol groups is 4. The number of nitrogens with one attached hydrogen (secondary N) is 2. The van der Waals surface area contributed by atoms with E-state index in [1.165, 1.54) is 109 Å². The van der Waals surface area contributed by atoms with E-state index < -0.39 is 249 Å². The molecule has 6 fully saturated rings. The van der Waals surface area contributed by atoms with Crippen molar-refractivity contribution in [3.8, 4) is 0 Å². The van der Waals surface area contributed by atoms with Crippen LogP contribution in [0, 0.1) is 34.6 Å². The molecule has 13 heterocycles. The van der Waals surface area contributed by atoms with Crippen LogP contribution in [0.4, 0.5) is 23.1 Å². The van der Waals surface area contributed by atoms with E-state index in [1.54, 1.807) is 13.8 Å². The summed E-state index contributed by atoms with van der Waals surface area (Å²) >= 11 is 17.4. The molecule has 0 aliphatic carbocycles. The Morgan fingerprint density at radius 3 is 1.24 bits per heavy atom. The molecule has 6 aliphatic heterocycles. The SMILES string of the molecule is CC[C@H]1O[C@@H](n2cc(C)c(N)nc2=O)CC1OP(=O)(S)OC[C@H]1O[C@@H](n2cc(C)c(=O)[nH]c2=O)CC1OP(=O)(S)OC[C@H]1O[C@@H](n2cc(C)c(N)nc2=O)[C@@H](OCCOC)C1OP(=O)(O)OC[C@H]1O[C@@H](n2cc(C)c(=O)[nH]c2=O)[C@@H](OCCOC)C1OP(=O)(S)OC[C@H]1O[C@@H](n2cc(C)c(N)nc2=O)[C@@H](OCCOC)C1OP(=O)(S)OC[C@H]1O[C@@H](n2cnc3c(N)ccnc32)[C@@H](OCCOC)C1O. The Morgan fingerprint density at radius 2 is 0.775 bits per heavy atom. The van der Waals surface area contributed by atoms with Crippen LogP contribution >= 0.6 is 84.0 Å². The molecule has 7 aromatic heterocycles. The Kier molecular flexibility index (Phi) is 36.7. The Balaban J connectivity index is 0.775. The van der Waals surface area contributed by atoms with Gasteiger partial charge in [-0.25, -0.2) is 56.8 Å². The summed E-state index contributed by atoms with van der Waals surface area (Å²) in [7, 11) is -0.484. The summed E-state index contributed by atoms with van der Waals surface area (Å²) in [5.41, 5.74) is 19.5. The van der Waals surface area contributed by atoms with Crippen LogP contribution in [-0.4, -0.2) is 284 Å². The second-order valence-electron chi connectivity index (χ2n) is 32.2. The van der Waals surface area contributed by atoms with Gasteiger partial charge in [-0.3, -0.25) is 92.2 Å². The quantitative estimate of drug-likeness (QED) is 0.0148. The lowest BCUT2D eigenvalue weighted by molar-refractivity contribution is -0.0846. The Bertz CT molecular complexity index is 6170. The largest absolute Gasteiger partial charge is 0.472 e. The molecule has 0 saturated carbocycles. The number of hydrogen-bond acceptors (Lipinski definition) is 46. The van der Waals surface area contributed by atoms with Gasteiger partial charge in [-0.1, -0.05) is 55.9 Å². The Morgan fingerprint density at radius 1 is 0.420 bits per heavy atom. The first-order valence-electron chi connectivity index (χ1n) is 42.4. The van der Waals surface area contributed by atoms with Crippen molar-refractivity contribution in [2.24, 2.45) is 0 Å². The molecule has 64 heteroatoms. The van der Waals surface area contributed by atoms with Crippen molar-refractivity contribution in [2.75, 3.05) is 137 Å². The van der Waals surface area contributed by atoms with Crippen LogP contribution in [0.2, 0.25) is 0 Å². The van der Waals surface area contributed by atoms with E-state index in [2.05, 4.69) is 83.9 Å². The van der Waals surface area contributed by atoms with Gasteiger partial charge >= 0.3 is 63.5 Å². The highest BCUT2D eigenvalue weighted by Crippen LogP contribution is 2.63. The fraction of sp³-hybridized carbons (Fsp3) is 0.649. The second kappa shape index (κ2) is 46.6. The van der Waals surface area contributed by atoms with E-state index in [4.69, 9.17) is 134 Å². The van der Waals surface area contributed by atoms with Crippen LogP contribution < -0.4 is 62.5 Å². The summed E-state index contributed by atoms with van der Waals surface area (Å²) in [6.45, 7) is -16.9. The number of nitrogen functional groups attached to an aromatic ring is 4. The van der Waals surface area contributed by atoms with E-state index in [9.17, 15) is 48.1 Å². The smallest absolute Gasteiger partial charge is 0.397 e. The third-order valence-corrected chi connectivity index (χ3v) is 30.2. The molecule has 0 spiro atoms. The first-order chi connectivity index (χ1) is 65.3. The molecule has 7 aromatic rings. The average molecular weight is 2130 g/mol. The van der Waals surface area contributed by atoms with Gasteiger partial charge in [0.1, 0.15) is 121 Å². The van der Waals surface area contributed by atoms with Crippen molar-refractivity contribution in [2.45, 2.75) is 196 Å². The number of hydrogen-bond donors (Lipinski definition) is 12. The number of rotatable bonds is 48. The summed E-state index contributed by atoms with van der Waals surface area (Å²) in [6, 6.07) is 1.53. The maximum absolute atomic E-state index is 15.5. The number of fused-ring (bicyclic) bond motifs is 1. The van der Waals surface area contributed by atoms with Crippen molar-refractivity contribution in [3.05, 3.63) is 151 Å². The van der Waals surface area contributed by atoms with E-state index >= 15 is 18.3 Å². The van der Waals surface area contributed by atoms with Crippen LogP contribution in [0.5, 0.6) is 0 Å². The van der Waals surface area contributed by atoms with Gasteiger partial charge in [0, 0.05) is 106 Å². The maximum Gasteiger partial charge on any atom is 0.472 e. The van der Waals surface area contributed by atoms with Crippen LogP contribution in [-0.2, 0) is 134 Å². The van der Waals surface area contributed by atoms with Gasteiger partial charge in [0.25, 0.3) is 11.1 Å². The molecule has 55 nitrogen and oxygen atoms in total. The minimum Gasteiger partial charge on any atom is -0.397 e. The number of pyridine rings is 1.